The van der Waals surface area contributed by atoms with Crippen LogP contribution in [0.2, 0.25) is 0 Å². The van der Waals surface area contributed by atoms with E-state index < -0.39 is 15.6 Å². The molecule has 130 valence electrons. The predicted octanol–water partition coefficient (Wildman–Crippen LogP) is 1.96. The molecule has 1 saturated carbocycles. The third-order valence-electron chi connectivity index (χ3n) is 5.62. The van der Waals surface area contributed by atoms with Gasteiger partial charge in [-0.15, -0.1) is 0 Å². The molecule has 24 heavy (non-hydrogen) atoms. The van der Waals surface area contributed by atoms with E-state index in [-0.39, 0.29) is 18.2 Å². The van der Waals surface area contributed by atoms with Crippen LogP contribution in [0.3, 0.4) is 0 Å². The standard InChI is InChI=1S/C17H22N2O4S/c1-24(21,22)19-14-7-9-17(10-8-14)15(19)12-18(16(20)23-17)11-13-5-3-2-4-6-13/h2-6,14-15H,7-12H2,1H3. The zero-order chi connectivity index (χ0) is 16.9. The maximum absolute atomic E-state index is 12.5. The van der Waals surface area contributed by atoms with E-state index in [0.29, 0.717) is 13.1 Å². The number of hydrogen-bond donors (Lipinski definition) is 0. The van der Waals surface area contributed by atoms with Gasteiger partial charge in [0, 0.05) is 19.1 Å². The number of hydrogen-bond acceptors (Lipinski definition) is 4. The van der Waals surface area contributed by atoms with E-state index >= 15 is 0 Å². The highest BCUT2D eigenvalue weighted by atomic mass is 32.2. The molecule has 3 saturated heterocycles. The molecule has 4 fully saturated rings. The van der Waals surface area contributed by atoms with Gasteiger partial charge in [-0.3, -0.25) is 0 Å². The van der Waals surface area contributed by atoms with Crippen molar-refractivity contribution in [3.05, 3.63) is 35.9 Å². The molecule has 4 aliphatic rings. The van der Waals surface area contributed by atoms with Crippen molar-refractivity contribution in [3.8, 4) is 0 Å². The molecule has 6 nitrogen and oxygen atoms in total. The average molecular weight is 350 g/mol. The Morgan fingerprint density at radius 2 is 1.88 bits per heavy atom. The summed E-state index contributed by atoms with van der Waals surface area (Å²) < 4.78 is 32.2. The molecule has 3 aliphatic heterocycles. The van der Waals surface area contributed by atoms with E-state index in [4.69, 9.17) is 4.74 Å². The Hall–Kier alpha value is -1.60. The minimum absolute atomic E-state index is 0.0438. The van der Waals surface area contributed by atoms with Crippen molar-refractivity contribution in [2.45, 2.75) is 49.9 Å². The zero-order valence-electron chi connectivity index (χ0n) is 13.7. The number of amides is 1. The van der Waals surface area contributed by atoms with Crippen LogP contribution in [-0.2, 0) is 21.3 Å². The van der Waals surface area contributed by atoms with Gasteiger partial charge in [0.05, 0.1) is 12.3 Å². The molecule has 1 amide bonds. The van der Waals surface area contributed by atoms with Crippen molar-refractivity contribution >= 4 is 16.1 Å². The SMILES string of the molecule is CS(=O)(=O)N1C2CCC3(CC2)OC(=O)N(Cc2ccccc2)CC13. The number of nitrogens with zero attached hydrogens (tertiary/aromatic N) is 2. The van der Waals surface area contributed by atoms with Crippen LogP contribution < -0.4 is 0 Å². The Kier molecular flexibility index (Phi) is 3.61. The number of carbonyl (C=O) groups excluding carboxylic acids is 1. The van der Waals surface area contributed by atoms with Gasteiger partial charge in [0.1, 0.15) is 5.60 Å². The van der Waals surface area contributed by atoms with E-state index in [2.05, 4.69) is 0 Å². The molecule has 1 aromatic rings. The fourth-order valence-electron chi connectivity index (χ4n) is 4.54. The number of benzene rings is 1. The first-order chi connectivity index (χ1) is 11.4. The highest BCUT2D eigenvalue weighted by molar-refractivity contribution is 7.88. The Morgan fingerprint density at radius 1 is 1.21 bits per heavy atom. The smallest absolute Gasteiger partial charge is 0.410 e. The molecule has 5 rings (SSSR count). The van der Waals surface area contributed by atoms with Crippen molar-refractivity contribution < 1.29 is 17.9 Å². The van der Waals surface area contributed by atoms with Gasteiger partial charge in [0.2, 0.25) is 10.0 Å². The molecule has 1 aromatic carbocycles. The first-order valence-electron chi connectivity index (χ1n) is 8.39. The van der Waals surface area contributed by atoms with E-state index in [0.717, 1.165) is 31.2 Å². The van der Waals surface area contributed by atoms with Gasteiger partial charge in [-0.25, -0.2) is 13.2 Å². The minimum atomic E-state index is -3.33. The zero-order valence-corrected chi connectivity index (χ0v) is 14.5. The Morgan fingerprint density at radius 3 is 2.50 bits per heavy atom. The molecule has 1 unspecified atom stereocenters. The second-order valence-corrected chi connectivity index (χ2v) is 9.03. The third-order valence-corrected chi connectivity index (χ3v) is 6.94. The monoisotopic (exact) mass is 350 g/mol. The lowest BCUT2D eigenvalue weighted by Gasteiger charge is -2.59. The molecule has 2 bridgehead atoms. The third kappa shape index (κ3) is 2.50. The van der Waals surface area contributed by atoms with Crippen molar-refractivity contribution in [2.75, 3.05) is 12.8 Å². The van der Waals surface area contributed by atoms with Gasteiger partial charge in [-0.05, 0) is 31.2 Å². The fourth-order valence-corrected chi connectivity index (χ4v) is 6.01. The Bertz CT molecular complexity index is 741. The summed E-state index contributed by atoms with van der Waals surface area (Å²) >= 11 is 0. The summed E-state index contributed by atoms with van der Waals surface area (Å²) in [6.07, 6.45) is 4.01. The van der Waals surface area contributed by atoms with E-state index in [1.54, 1.807) is 9.21 Å². The fraction of sp³-hybridized carbons (Fsp3) is 0.588. The lowest BCUT2D eigenvalue weighted by Crippen LogP contribution is -2.73. The number of fused-ring (bicyclic) bond motifs is 2. The van der Waals surface area contributed by atoms with Crippen LogP contribution in [0.5, 0.6) is 0 Å². The lowest BCUT2D eigenvalue weighted by molar-refractivity contribution is -0.153. The molecular formula is C17H22N2O4S. The average Bonchev–Trinajstić information content (AvgIpc) is 2.54. The molecule has 1 aliphatic carbocycles. The van der Waals surface area contributed by atoms with E-state index in [1.165, 1.54) is 6.26 Å². The van der Waals surface area contributed by atoms with Gasteiger partial charge in [0.25, 0.3) is 0 Å². The second kappa shape index (κ2) is 5.46. The summed E-state index contributed by atoms with van der Waals surface area (Å²) in [5, 5.41) is 0. The van der Waals surface area contributed by atoms with Crippen molar-refractivity contribution in [1.29, 1.82) is 0 Å². The summed E-state index contributed by atoms with van der Waals surface area (Å²) in [6.45, 7) is 0.839. The Labute approximate surface area is 142 Å². The number of rotatable bonds is 3. The van der Waals surface area contributed by atoms with Crippen LogP contribution in [0, 0.1) is 0 Å². The van der Waals surface area contributed by atoms with Crippen LogP contribution in [-0.4, -0.2) is 54.2 Å². The maximum Gasteiger partial charge on any atom is 0.410 e. The molecule has 0 radical (unpaired) electrons. The van der Waals surface area contributed by atoms with Crippen LogP contribution >= 0.6 is 0 Å². The molecule has 0 N–H and O–H groups in total. The minimum Gasteiger partial charge on any atom is -0.441 e. The summed E-state index contributed by atoms with van der Waals surface area (Å²) in [5.41, 5.74) is 0.375. The number of carbonyl (C=O) groups is 1. The van der Waals surface area contributed by atoms with E-state index in [9.17, 15) is 13.2 Å². The summed E-state index contributed by atoms with van der Waals surface area (Å²) in [6, 6.07) is 9.47. The van der Waals surface area contributed by atoms with Crippen LogP contribution in [0.1, 0.15) is 31.2 Å². The summed E-state index contributed by atoms with van der Waals surface area (Å²) in [4.78, 5) is 14.2. The topological polar surface area (TPSA) is 66.9 Å². The van der Waals surface area contributed by atoms with Crippen molar-refractivity contribution in [3.63, 3.8) is 0 Å². The van der Waals surface area contributed by atoms with Crippen LogP contribution in [0.15, 0.2) is 30.3 Å². The van der Waals surface area contributed by atoms with Gasteiger partial charge in [-0.2, -0.15) is 4.31 Å². The molecular weight excluding hydrogens is 328 g/mol. The van der Waals surface area contributed by atoms with Crippen LogP contribution in [0.4, 0.5) is 4.79 Å². The summed E-state index contributed by atoms with van der Waals surface area (Å²) in [7, 11) is -3.33. The highest BCUT2D eigenvalue weighted by Gasteiger charge is 2.60. The number of sulfonamides is 1. The van der Waals surface area contributed by atoms with Crippen molar-refractivity contribution in [2.24, 2.45) is 0 Å². The number of ether oxygens (including phenoxy) is 1. The molecule has 0 aromatic heterocycles. The van der Waals surface area contributed by atoms with Gasteiger partial charge >= 0.3 is 6.09 Å². The van der Waals surface area contributed by atoms with Crippen molar-refractivity contribution in [1.82, 2.24) is 9.21 Å². The van der Waals surface area contributed by atoms with Gasteiger partial charge in [-0.1, -0.05) is 30.3 Å². The number of piperidine rings is 2. The van der Waals surface area contributed by atoms with Gasteiger partial charge < -0.3 is 9.64 Å². The van der Waals surface area contributed by atoms with Crippen LogP contribution in [0.25, 0.3) is 0 Å². The lowest BCUT2D eigenvalue weighted by atomic mass is 9.71. The molecule has 1 spiro atoms. The largest absolute Gasteiger partial charge is 0.441 e. The quantitative estimate of drug-likeness (QED) is 0.836. The normalized spacial score (nSPS) is 33.2. The van der Waals surface area contributed by atoms with E-state index in [1.807, 2.05) is 30.3 Å². The predicted molar refractivity (Wildman–Crippen MR) is 88.8 cm³/mol. The highest BCUT2D eigenvalue weighted by Crippen LogP contribution is 2.48. The molecule has 1 atom stereocenters. The first-order valence-corrected chi connectivity index (χ1v) is 10.2. The molecule has 7 heteroatoms. The summed E-state index contributed by atoms with van der Waals surface area (Å²) in [5.74, 6) is 0. The first kappa shape index (κ1) is 15.9. The maximum atomic E-state index is 12.5. The Balaban J connectivity index is 1.64. The second-order valence-electron chi connectivity index (χ2n) is 7.14. The molecule has 3 heterocycles. The van der Waals surface area contributed by atoms with Gasteiger partial charge in [0.15, 0.2) is 0 Å².